The first-order valence-electron chi connectivity index (χ1n) is 14.0. The smallest absolute Gasteiger partial charge is 0.481 e. The van der Waals surface area contributed by atoms with Crippen molar-refractivity contribution in [3.63, 3.8) is 0 Å². The molecule has 2 radical (unpaired) electrons. The van der Waals surface area contributed by atoms with Crippen molar-refractivity contribution in [2.24, 2.45) is 0 Å². The number of ether oxygens (including phenoxy) is 2. The van der Waals surface area contributed by atoms with E-state index >= 15 is 0 Å². The second-order valence-electron chi connectivity index (χ2n) is 9.67. The molecule has 1 aromatic carbocycles. The highest BCUT2D eigenvalue weighted by Gasteiger charge is 2.09. The minimum absolute atomic E-state index is 0.236. The first-order valence-corrected chi connectivity index (χ1v) is 14.5. The predicted octanol–water partition coefficient (Wildman–Crippen LogP) is 8.76. The number of hydrogen-bond acceptors (Lipinski definition) is 4. The van der Waals surface area contributed by atoms with Crippen molar-refractivity contribution < 1.29 is 18.1 Å². The van der Waals surface area contributed by atoms with Crippen molar-refractivity contribution in [1.82, 2.24) is 0 Å². The van der Waals surface area contributed by atoms with Crippen LogP contribution in [0.3, 0.4) is 0 Å². The molecule has 1 rings (SSSR count). The van der Waals surface area contributed by atoms with Gasteiger partial charge in [0.15, 0.2) is 0 Å². The lowest BCUT2D eigenvalue weighted by Crippen LogP contribution is -2.08. The van der Waals surface area contributed by atoms with Gasteiger partial charge in [-0.1, -0.05) is 115 Å². The van der Waals surface area contributed by atoms with Gasteiger partial charge in [0.25, 0.3) is 0 Å². The zero-order chi connectivity index (χ0) is 25.6. The lowest BCUT2D eigenvalue weighted by molar-refractivity contribution is -0.140. The van der Waals surface area contributed by atoms with Crippen LogP contribution >= 0.6 is 0 Å². The van der Waals surface area contributed by atoms with Crippen LogP contribution < -0.4 is 4.74 Å². The van der Waals surface area contributed by atoms with E-state index in [9.17, 15) is 4.79 Å². The molecule has 0 atom stereocenters. The third-order valence-corrected chi connectivity index (χ3v) is 6.92. The highest BCUT2D eigenvalue weighted by molar-refractivity contribution is 5.99. The monoisotopic (exact) mass is 500 g/mol. The van der Waals surface area contributed by atoms with Crippen LogP contribution in [0.15, 0.2) is 35.6 Å². The van der Waals surface area contributed by atoms with Gasteiger partial charge >= 0.3 is 22.6 Å². The summed E-state index contributed by atoms with van der Waals surface area (Å²) in [5.74, 6) is 1.04. The van der Waals surface area contributed by atoms with Gasteiger partial charge in [-0.25, -0.2) is 4.79 Å². The predicted molar refractivity (Wildman–Crippen MR) is 146 cm³/mol. The Morgan fingerprint density at radius 1 is 0.714 bits per heavy atom. The number of benzene rings is 1. The van der Waals surface area contributed by atoms with E-state index in [2.05, 4.69) is 23.5 Å². The number of hydrogen-bond donors (Lipinski definition) is 0. The molecule has 0 aliphatic heterocycles. The molecule has 0 fully saturated rings. The maximum absolute atomic E-state index is 12.0. The molecule has 0 unspecified atom stereocenters. The fourth-order valence-electron chi connectivity index (χ4n) is 4.01. The molecular formula is C30H49AlO4. The maximum atomic E-state index is 12.0. The summed E-state index contributed by atoms with van der Waals surface area (Å²) in [5, 5.41) is 0. The normalized spacial score (nSPS) is 11.7. The molecule has 4 nitrogen and oxygen atoms in total. The van der Waals surface area contributed by atoms with Crippen LogP contribution in [0.25, 0.3) is 0 Å². The zero-order valence-corrected chi connectivity index (χ0v) is 23.9. The van der Waals surface area contributed by atoms with Crippen molar-refractivity contribution in [2.45, 2.75) is 130 Å². The lowest BCUT2D eigenvalue weighted by atomic mass is 10.0. The molecule has 0 amide bonds. The summed E-state index contributed by atoms with van der Waals surface area (Å²) in [6.07, 6.45) is 22.0. The molecule has 0 N–H and O–H groups in total. The van der Waals surface area contributed by atoms with Crippen molar-refractivity contribution >= 4 is 22.6 Å². The van der Waals surface area contributed by atoms with Crippen LogP contribution in [0.4, 0.5) is 0 Å². The van der Waals surface area contributed by atoms with Crippen LogP contribution in [-0.2, 0) is 19.9 Å². The lowest BCUT2D eigenvalue weighted by Gasteiger charge is -2.10. The molecule has 0 aromatic heterocycles. The molecule has 1 aromatic rings. The van der Waals surface area contributed by atoms with Crippen LogP contribution in [-0.4, -0.2) is 29.2 Å². The summed E-state index contributed by atoms with van der Waals surface area (Å²) >= 11 is 2.13. The van der Waals surface area contributed by atoms with E-state index in [4.69, 9.17) is 13.3 Å². The first kappa shape index (κ1) is 31.6. The molecule has 0 bridgehead atoms. The maximum Gasteiger partial charge on any atom is 0.481 e. The number of carbonyl (C=O) groups is 1. The standard InChI is InChI=1S/C30H50O4.Al/c1-4-5-6-7-8-9-10-11-12-13-14-15-16-17-18-19-24-33-29-22-20-28(21-23-29)25-34-30(32)26(2)27(3)31;/h20-23,31H,4-19,24-25H2,1-3H3;/q;+1/p-1/b27-26-;. The van der Waals surface area contributed by atoms with E-state index in [0.717, 1.165) is 24.3 Å². The van der Waals surface area contributed by atoms with Crippen LogP contribution in [0.2, 0.25) is 0 Å². The summed E-state index contributed by atoms with van der Waals surface area (Å²) < 4.78 is 16.2. The quantitative estimate of drug-likeness (QED) is 0.0525. The Morgan fingerprint density at radius 3 is 1.63 bits per heavy atom. The zero-order valence-electron chi connectivity index (χ0n) is 22.7. The SMILES string of the molecule is CCCCCCCCCCCCCCCCCCOc1ccc(COC(=O)/C(C)=C(/C)[O][Al])cc1. The molecule has 0 saturated carbocycles. The number of rotatable bonds is 22. The van der Waals surface area contributed by atoms with Crippen molar-refractivity contribution in [1.29, 1.82) is 0 Å². The van der Waals surface area contributed by atoms with Crippen molar-refractivity contribution in [3.8, 4) is 5.75 Å². The number of esters is 1. The van der Waals surface area contributed by atoms with Crippen molar-refractivity contribution in [3.05, 3.63) is 41.2 Å². The van der Waals surface area contributed by atoms with Gasteiger partial charge in [-0.15, -0.1) is 0 Å². The molecule has 0 aliphatic rings. The summed E-state index contributed by atoms with van der Waals surface area (Å²) in [4.78, 5) is 12.0. The minimum Gasteiger partial charge on any atom is -0.657 e. The molecule has 0 saturated heterocycles. The topological polar surface area (TPSA) is 44.8 Å². The van der Waals surface area contributed by atoms with E-state index in [0.29, 0.717) is 11.3 Å². The highest BCUT2D eigenvalue weighted by atomic mass is 27.1. The molecule has 0 spiro atoms. The van der Waals surface area contributed by atoms with Gasteiger partial charge in [-0.2, -0.15) is 0 Å². The molecule has 0 heterocycles. The minimum atomic E-state index is -0.367. The van der Waals surface area contributed by atoms with E-state index in [-0.39, 0.29) is 12.6 Å². The number of unbranched alkanes of at least 4 members (excludes halogenated alkanes) is 15. The summed E-state index contributed by atoms with van der Waals surface area (Å²) in [7, 11) is 0. The van der Waals surface area contributed by atoms with E-state index in [1.54, 1.807) is 13.8 Å². The van der Waals surface area contributed by atoms with Crippen LogP contribution in [0.5, 0.6) is 5.75 Å². The Bertz CT molecular complexity index is 684. The Labute approximate surface area is 224 Å². The highest BCUT2D eigenvalue weighted by Crippen LogP contribution is 2.16. The fourth-order valence-corrected chi connectivity index (χ4v) is 4.19. The third-order valence-electron chi connectivity index (χ3n) is 6.57. The van der Waals surface area contributed by atoms with Gasteiger partial charge in [-0.3, -0.25) is 0 Å². The largest absolute Gasteiger partial charge is 0.657 e. The third kappa shape index (κ3) is 16.8. The Morgan fingerprint density at radius 2 is 1.17 bits per heavy atom. The van der Waals surface area contributed by atoms with Crippen LogP contribution in [0.1, 0.15) is 129 Å². The fraction of sp³-hybridized carbons (Fsp3) is 0.700. The number of allylic oxidation sites excluding steroid dienone is 1. The van der Waals surface area contributed by atoms with Gasteiger partial charge in [0.2, 0.25) is 0 Å². The average Bonchev–Trinajstić information content (AvgIpc) is 2.88. The van der Waals surface area contributed by atoms with Gasteiger partial charge in [-0.05, 0) is 38.0 Å². The van der Waals surface area contributed by atoms with Gasteiger partial charge in [0, 0.05) is 0 Å². The molecule has 35 heavy (non-hydrogen) atoms. The Kier molecular flexibility index (Phi) is 19.7. The van der Waals surface area contributed by atoms with E-state index in [1.807, 2.05) is 24.3 Å². The van der Waals surface area contributed by atoms with E-state index < -0.39 is 0 Å². The number of carbonyl (C=O) groups excluding carboxylic acids is 1. The molecule has 196 valence electrons. The van der Waals surface area contributed by atoms with Gasteiger partial charge < -0.3 is 13.3 Å². The summed E-state index contributed by atoms with van der Waals surface area (Å²) in [6.45, 7) is 6.70. The second-order valence-corrected chi connectivity index (χ2v) is 9.91. The van der Waals surface area contributed by atoms with Crippen molar-refractivity contribution in [2.75, 3.05) is 6.61 Å². The summed E-state index contributed by atoms with van der Waals surface area (Å²) in [6, 6.07) is 7.76. The van der Waals surface area contributed by atoms with E-state index in [1.165, 1.54) is 96.3 Å². The molecular weight excluding hydrogens is 451 g/mol. The van der Waals surface area contributed by atoms with Crippen LogP contribution in [0, 0.1) is 0 Å². The molecule has 5 heteroatoms. The molecule has 0 aliphatic carbocycles. The average molecular weight is 501 g/mol. The van der Waals surface area contributed by atoms with Gasteiger partial charge in [0.1, 0.15) is 12.4 Å². The second kappa shape index (κ2) is 21.8. The Balaban J connectivity index is 1.95. The first-order chi connectivity index (χ1) is 17.1. The Hall–Kier alpha value is -1.44. The summed E-state index contributed by atoms with van der Waals surface area (Å²) in [5.41, 5.74) is 1.41. The van der Waals surface area contributed by atoms with Gasteiger partial charge in [0.05, 0.1) is 17.9 Å².